The number of carbonyl (C=O) groups excluding carboxylic acids is 1. The Labute approximate surface area is 184 Å². The topological polar surface area (TPSA) is 109 Å². The first-order chi connectivity index (χ1) is 15.4. The zero-order valence-electron chi connectivity index (χ0n) is 17.3. The molecule has 2 fully saturated rings. The minimum atomic E-state index is -4.52. The Morgan fingerprint density at radius 2 is 2.00 bits per heavy atom. The van der Waals surface area contributed by atoms with E-state index in [1.165, 1.54) is 10.7 Å². The molecule has 8 nitrogen and oxygen atoms in total. The average molecular weight is 475 g/mol. The van der Waals surface area contributed by atoms with Crippen molar-refractivity contribution in [1.82, 2.24) is 25.2 Å². The molecule has 1 aliphatic carbocycles. The van der Waals surface area contributed by atoms with Crippen LogP contribution in [0.4, 0.5) is 26.7 Å². The molecule has 0 bridgehead atoms. The van der Waals surface area contributed by atoms with E-state index in [9.17, 15) is 36.6 Å². The van der Waals surface area contributed by atoms with Crippen molar-refractivity contribution in [1.29, 1.82) is 0 Å². The van der Waals surface area contributed by atoms with Crippen LogP contribution in [0.5, 0.6) is 0 Å². The van der Waals surface area contributed by atoms with Gasteiger partial charge in [0.05, 0.1) is 23.6 Å². The fraction of sp³-hybridized carbons (Fsp3) is 0.600. The summed E-state index contributed by atoms with van der Waals surface area (Å²) in [5, 5.41) is 17.9. The van der Waals surface area contributed by atoms with Gasteiger partial charge in [-0.1, -0.05) is 0 Å². The van der Waals surface area contributed by atoms with Crippen LogP contribution in [-0.2, 0) is 11.2 Å². The van der Waals surface area contributed by atoms with Crippen molar-refractivity contribution >= 4 is 17.6 Å². The highest BCUT2D eigenvalue weighted by molar-refractivity contribution is 5.81. The maximum Gasteiger partial charge on any atom is 0.408 e. The molecule has 4 rings (SSSR count). The first kappa shape index (κ1) is 23.2. The predicted molar refractivity (Wildman–Crippen MR) is 104 cm³/mol. The lowest BCUT2D eigenvalue weighted by Gasteiger charge is -2.32. The Morgan fingerprint density at radius 1 is 1.30 bits per heavy atom. The van der Waals surface area contributed by atoms with Gasteiger partial charge in [0.1, 0.15) is 6.04 Å². The van der Waals surface area contributed by atoms with Gasteiger partial charge in [0, 0.05) is 25.2 Å². The zero-order chi connectivity index (χ0) is 24.0. The zero-order valence-corrected chi connectivity index (χ0v) is 17.3. The summed E-state index contributed by atoms with van der Waals surface area (Å²) < 4.78 is 67.1. The van der Waals surface area contributed by atoms with Gasteiger partial charge in [0.25, 0.3) is 0 Å². The number of aromatic nitrogens is 3. The minimum absolute atomic E-state index is 0.00359. The number of nitrogens with one attached hydrogen (secondary N) is 2. The Balaban J connectivity index is 1.53. The number of carbonyl (C=O) groups is 2. The highest BCUT2D eigenvalue weighted by Crippen LogP contribution is 2.41. The summed E-state index contributed by atoms with van der Waals surface area (Å²) in [6.45, 7) is 0. The molecule has 180 valence electrons. The molecule has 2 aromatic heterocycles. The number of imidazole rings is 1. The molecule has 13 heteroatoms. The van der Waals surface area contributed by atoms with Crippen LogP contribution >= 0.6 is 0 Å². The second-order valence-electron chi connectivity index (χ2n) is 8.65. The highest BCUT2D eigenvalue weighted by atomic mass is 19.4. The first-order valence-electron chi connectivity index (χ1n) is 10.5. The Hall–Kier alpha value is -2.99. The maximum absolute atomic E-state index is 13.5. The van der Waals surface area contributed by atoms with E-state index >= 15 is 0 Å². The van der Waals surface area contributed by atoms with E-state index < -0.39 is 42.1 Å². The first-order valence-corrected chi connectivity index (χ1v) is 10.5. The summed E-state index contributed by atoms with van der Waals surface area (Å²) >= 11 is 0. The Bertz CT molecular complexity index is 1050. The van der Waals surface area contributed by atoms with E-state index in [0.717, 1.165) is 0 Å². The van der Waals surface area contributed by atoms with Gasteiger partial charge in [0.15, 0.2) is 5.65 Å². The fourth-order valence-corrected chi connectivity index (χ4v) is 4.54. The number of nitrogens with zero attached hydrogens (tertiary/aromatic N) is 3. The van der Waals surface area contributed by atoms with Crippen LogP contribution in [0.3, 0.4) is 0 Å². The van der Waals surface area contributed by atoms with Crippen LogP contribution in [0.1, 0.15) is 49.5 Å². The molecular formula is C20H22F5N5O3. The molecule has 33 heavy (non-hydrogen) atoms. The number of halogens is 5. The van der Waals surface area contributed by atoms with Crippen LogP contribution in [0, 0.1) is 11.8 Å². The van der Waals surface area contributed by atoms with Gasteiger partial charge in [-0.15, -0.1) is 0 Å². The van der Waals surface area contributed by atoms with E-state index in [4.69, 9.17) is 0 Å². The number of amides is 2. The van der Waals surface area contributed by atoms with Crippen molar-refractivity contribution in [3.05, 3.63) is 29.7 Å². The van der Waals surface area contributed by atoms with Crippen LogP contribution in [-0.4, -0.2) is 49.8 Å². The monoisotopic (exact) mass is 475 g/mol. The molecule has 1 saturated carbocycles. The molecule has 0 aromatic carbocycles. The number of rotatable bonds is 5. The summed E-state index contributed by atoms with van der Waals surface area (Å²) in [4.78, 5) is 27.6. The summed E-state index contributed by atoms with van der Waals surface area (Å²) in [5.74, 6) is -4.70. The van der Waals surface area contributed by atoms with E-state index in [1.807, 2.05) is 5.32 Å². The van der Waals surface area contributed by atoms with Crippen molar-refractivity contribution < 1.29 is 36.6 Å². The average Bonchev–Trinajstić information content (AvgIpc) is 3.29. The van der Waals surface area contributed by atoms with E-state index in [-0.39, 0.29) is 44.4 Å². The summed E-state index contributed by atoms with van der Waals surface area (Å²) in [6.07, 6.45) is -5.17. The molecule has 0 radical (unpaired) electrons. The van der Waals surface area contributed by atoms with Crippen LogP contribution in [0.2, 0.25) is 0 Å². The SMILES string of the molecule is O=C(O)N[C@H](c1cn2nc(C[C@H]3C[C@@H](C(F)(F)F)NC3=O)ccc2n1)C1CCC(F)(F)CC1. The van der Waals surface area contributed by atoms with Gasteiger partial charge < -0.3 is 15.7 Å². The number of hydrogen-bond donors (Lipinski definition) is 3. The van der Waals surface area contributed by atoms with Crippen molar-refractivity contribution in [3.63, 3.8) is 0 Å². The van der Waals surface area contributed by atoms with Crippen molar-refractivity contribution in [2.45, 2.75) is 62.7 Å². The van der Waals surface area contributed by atoms with Gasteiger partial charge in [0.2, 0.25) is 11.8 Å². The van der Waals surface area contributed by atoms with Crippen molar-refractivity contribution in [2.24, 2.45) is 11.8 Å². The maximum atomic E-state index is 13.5. The normalized spacial score (nSPS) is 24.6. The second-order valence-corrected chi connectivity index (χ2v) is 8.65. The molecule has 2 aromatic rings. The third-order valence-electron chi connectivity index (χ3n) is 6.28. The number of alkyl halides is 5. The molecule has 3 atom stereocenters. The van der Waals surface area contributed by atoms with Crippen molar-refractivity contribution in [2.75, 3.05) is 0 Å². The van der Waals surface area contributed by atoms with Gasteiger partial charge in [-0.25, -0.2) is 23.1 Å². The third kappa shape index (κ3) is 5.17. The summed E-state index contributed by atoms with van der Waals surface area (Å²) in [6, 6.07) is 0.412. The third-order valence-corrected chi connectivity index (χ3v) is 6.28. The van der Waals surface area contributed by atoms with E-state index in [0.29, 0.717) is 17.0 Å². The van der Waals surface area contributed by atoms with Gasteiger partial charge in [-0.2, -0.15) is 18.3 Å². The standard InChI is InChI=1S/C20H22F5N5O3/c21-19(22)5-3-10(4-6-19)16(28-18(32)33)13-9-30-15(26-13)2-1-12(29-30)7-11-8-14(20(23,24)25)27-17(11)31/h1-2,9-11,14,16,28H,3-8H2,(H,27,31)(H,32,33)/t11-,14-,16-/m0/s1. The lowest BCUT2D eigenvalue weighted by Crippen LogP contribution is -2.38. The molecule has 3 N–H and O–H groups in total. The Kier molecular flexibility index (Phi) is 5.91. The molecule has 0 unspecified atom stereocenters. The van der Waals surface area contributed by atoms with Crippen molar-refractivity contribution in [3.8, 4) is 0 Å². The summed E-state index contributed by atoms with van der Waals surface area (Å²) in [5.41, 5.74) is 1.04. The van der Waals surface area contributed by atoms with Crippen LogP contribution in [0.15, 0.2) is 18.3 Å². The predicted octanol–water partition coefficient (Wildman–Crippen LogP) is 3.47. The highest BCUT2D eigenvalue weighted by Gasteiger charge is 2.47. The van der Waals surface area contributed by atoms with Gasteiger partial charge in [-0.05, 0) is 37.3 Å². The number of carboxylic acid groups (broad SMARTS) is 1. The minimum Gasteiger partial charge on any atom is -0.465 e. The second kappa shape index (κ2) is 8.41. The van der Waals surface area contributed by atoms with Crippen LogP contribution in [0.25, 0.3) is 5.65 Å². The molecule has 0 spiro atoms. The molecular weight excluding hydrogens is 453 g/mol. The lowest BCUT2D eigenvalue weighted by molar-refractivity contribution is -0.154. The Morgan fingerprint density at radius 3 is 2.61 bits per heavy atom. The van der Waals surface area contributed by atoms with Gasteiger partial charge in [-0.3, -0.25) is 4.79 Å². The van der Waals surface area contributed by atoms with Crippen LogP contribution < -0.4 is 10.6 Å². The molecule has 2 aliphatic rings. The largest absolute Gasteiger partial charge is 0.465 e. The molecule has 1 saturated heterocycles. The summed E-state index contributed by atoms with van der Waals surface area (Å²) in [7, 11) is 0. The van der Waals surface area contributed by atoms with Gasteiger partial charge >= 0.3 is 12.3 Å². The van der Waals surface area contributed by atoms with E-state index in [1.54, 1.807) is 12.1 Å². The fourth-order valence-electron chi connectivity index (χ4n) is 4.54. The quantitative estimate of drug-likeness (QED) is 0.574. The lowest BCUT2D eigenvalue weighted by atomic mass is 9.81. The number of hydrogen-bond acceptors (Lipinski definition) is 4. The van der Waals surface area contributed by atoms with E-state index in [2.05, 4.69) is 15.4 Å². The molecule has 3 heterocycles. The number of fused-ring (bicyclic) bond motifs is 1. The molecule has 2 amide bonds. The smallest absolute Gasteiger partial charge is 0.408 e. The molecule has 1 aliphatic heterocycles.